The maximum Gasteiger partial charge on any atom is 0.108 e. The normalized spacial score (nSPS) is 14.3. The molecule has 7 aromatic carbocycles. The third kappa shape index (κ3) is 3.06. The third-order valence-electron chi connectivity index (χ3n) is 10.2. The summed E-state index contributed by atoms with van der Waals surface area (Å²) in [5.74, 6) is 0. The van der Waals surface area contributed by atoms with Crippen LogP contribution < -0.4 is 0 Å². The van der Waals surface area contributed by atoms with Crippen molar-refractivity contribution in [2.45, 2.75) is 45.4 Å². The molecule has 0 aliphatic heterocycles. The molecule has 0 amide bonds. The van der Waals surface area contributed by atoms with Crippen LogP contribution in [0.1, 0.15) is 51.3 Å². The van der Waals surface area contributed by atoms with Gasteiger partial charge in [-0.25, -0.2) is 0 Å². The first-order valence-corrected chi connectivity index (χ1v) is 15.5. The highest BCUT2D eigenvalue weighted by molar-refractivity contribution is 6.40. The van der Waals surface area contributed by atoms with E-state index in [2.05, 4.69) is 135 Å². The van der Waals surface area contributed by atoms with Crippen LogP contribution in [0.3, 0.4) is 0 Å². The lowest BCUT2D eigenvalue weighted by Crippen LogP contribution is -2.15. The van der Waals surface area contributed by atoms with Gasteiger partial charge in [0, 0.05) is 32.6 Å². The molecule has 0 N–H and O–H groups in total. The van der Waals surface area contributed by atoms with Crippen molar-refractivity contribution in [3.8, 4) is 16.8 Å². The monoisotopic (exact) mass is 568 g/mol. The molecule has 0 radical (unpaired) electrons. The Morgan fingerprint density at radius 3 is 2.11 bits per heavy atom. The molecule has 3 heteroatoms. The van der Waals surface area contributed by atoms with Gasteiger partial charge in [-0.05, 0) is 96.4 Å². The van der Waals surface area contributed by atoms with Crippen molar-refractivity contribution >= 4 is 59.8 Å². The minimum absolute atomic E-state index is 0.0281. The number of para-hydroxylation sites is 1. The van der Waals surface area contributed by atoms with Crippen LogP contribution in [0.15, 0.2) is 108 Å². The van der Waals surface area contributed by atoms with Crippen molar-refractivity contribution in [3.63, 3.8) is 0 Å². The Bertz CT molecular complexity index is 2510. The van der Waals surface area contributed by atoms with Crippen LogP contribution in [-0.4, -0.2) is 4.57 Å². The van der Waals surface area contributed by atoms with Crippen LogP contribution in [0.25, 0.3) is 70.9 Å². The van der Waals surface area contributed by atoms with E-state index in [4.69, 9.17) is 0 Å². The van der Waals surface area contributed by atoms with E-state index in [1.54, 1.807) is 0 Å². The van der Waals surface area contributed by atoms with E-state index in [9.17, 15) is 4.91 Å². The van der Waals surface area contributed by atoms with Gasteiger partial charge < -0.3 is 4.57 Å². The number of benzene rings is 7. The van der Waals surface area contributed by atoms with E-state index in [-0.39, 0.29) is 10.8 Å². The van der Waals surface area contributed by atoms with Crippen molar-refractivity contribution in [2.75, 3.05) is 0 Å². The highest BCUT2D eigenvalue weighted by Crippen LogP contribution is 2.58. The molecular formula is C41H32N2O. The average molecular weight is 569 g/mol. The predicted molar refractivity (Wildman–Crippen MR) is 186 cm³/mol. The molecule has 0 atom stereocenters. The second-order valence-corrected chi connectivity index (χ2v) is 14.0. The summed E-state index contributed by atoms with van der Waals surface area (Å²) >= 11 is 0. The summed E-state index contributed by atoms with van der Waals surface area (Å²) in [6, 6.07) is 37.5. The zero-order valence-corrected chi connectivity index (χ0v) is 25.6. The Labute approximate surface area is 256 Å². The fraction of sp³-hybridized carbons (Fsp3) is 0.171. The molecule has 1 aliphatic rings. The van der Waals surface area contributed by atoms with Gasteiger partial charge in [0.15, 0.2) is 0 Å². The Kier molecular flexibility index (Phi) is 4.82. The maximum atomic E-state index is 11.6. The molecular weight excluding hydrogens is 536 g/mol. The van der Waals surface area contributed by atoms with Crippen molar-refractivity contribution in [1.29, 1.82) is 0 Å². The Balaban J connectivity index is 1.58. The molecule has 0 fully saturated rings. The summed E-state index contributed by atoms with van der Waals surface area (Å²) in [6.45, 7) is 11.5. The first-order chi connectivity index (χ1) is 21.2. The minimum atomic E-state index is -0.286. The summed E-state index contributed by atoms with van der Waals surface area (Å²) in [4.78, 5) is 11.6. The summed E-state index contributed by atoms with van der Waals surface area (Å²) in [5, 5.41) is 13.6. The largest absolute Gasteiger partial charge is 0.309 e. The third-order valence-corrected chi connectivity index (χ3v) is 10.2. The van der Waals surface area contributed by atoms with Crippen molar-refractivity contribution < 1.29 is 0 Å². The maximum absolute atomic E-state index is 11.6. The highest BCUT2D eigenvalue weighted by atomic mass is 16.3. The van der Waals surface area contributed by atoms with E-state index in [1.165, 1.54) is 81.9 Å². The predicted octanol–water partition coefficient (Wildman–Crippen LogP) is 11.7. The first-order valence-electron chi connectivity index (χ1n) is 15.5. The van der Waals surface area contributed by atoms with Crippen LogP contribution in [0, 0.1) is 4.91 Å². The zero-order valence-electron chi connectivity index (χ0n) is 25.6. The van der Waals surface area contributed by atoms with E-state index in [0.29, 0.717) is 5.69 Å². The summed E-state index contributed by atoms with van der Waals surface area (Å²) in [7, 11) is 0. The van der Waals surface area contributed by atoms with Gasteiger partial charge in [-0.15, -0.1) is 4.91 Å². The molecule has 0 bridgehead atoms. The molecule has 0 spiro atoms. The number of nitrogens with zero attached hydrogens (tertiary/aromatic N) is 2. The van der Waals surface area contributed by atoms with E-state index in [0.717, 1.165) is 5.69 Å². The number of aromatic nitrogens is 1. The van der Waals surface area contributed by atoms with Gasteiger partial charge >= 0.3 is 0 Å². The van der Waals surface area contributed by atoms with Gasteiger partial charge in [-0.2, -0.15) is 0 Å². The smallest absolute Gasteiger partial charge is 0.108 e. The Hall–Kier alpha value is -5.02. The topological polar surface area (TPSA) is 34.4 Å². The van der Waals surface area contributed by atoms with Crippen LogP contribution in [-0.2, 0) is 10.8 Å². The van der Waals surface area contributed by atoms with Crippen LogP contribution >= 0.6 is 0 Å². The second-order valence-electron chi connectivity index (χ2n) is 14.0. The summed E-state index contributed by atoms with van der Waals surface area (Å²) < 4.78 is 2.47. The Morgan fingerprint density at radius 2 is 1.36 bits per heavy atom. The van der Waals surface area contributed by atoms with Gasteiger partial charge in [0.25, 0.3) is 0 Å². The minimum Gasteiger partial charge on any atom is -0.309 e. The standard InChI is InChI=1S/C41H32N2O/c1-40(2,3)23-17-20-33-31(21-23)37-28-14-9-15-29-34(28)35-27(13-10-16-30(35)39(37)43(33)25-11-7-6-8-12-25)36-26-19-18-24(42-44)22-32(26)41(4,5)38(29)36/h6-22H,1-5H3. The van der Waals surface area contributed by atoms with Crippen LogP contribution in [0.5, 0.6) is 0 Å². The van der Waals surface area contributed by atoms with Gasteiger partial charge in [-0.1, -0.05) is 101 Å². The fourth-order valence-electron chi connectivity index (χ4n) is 8.25. The van der Waals surface area contributed by atoms with Gasteiger partial charge in [0.1, 0.15) is 5.69 Å². The van der Waals surface area contributed by atoms with Crippen molar-refractivity contribution in [2.24, 2.45) is 5.18 Å². The number of hydrogen-bond donors (Lipinski definition) is 0. The molecule has 1 heterocycles. The quantitative estimate of drug-likeness (QED) is 0.151. The van der Waals surface area contributed by atoms with Crippen molar-refractivity contribution in [1.82, 2.24) is 4.57 Å². The highest BCUT2D eigenvalue weighted by Gasteiger charge is 2.39. The number of fused-ring (bicyclic) bond motifs is 10. The molecule has 8 aromatic rings. The number of nitroso groups, excluding NO2 is 1. The van der Waals surface area contributed by atoms with E-state index >= 15 is 0 Å². The van der Waals surface area contributed by atoms with Gasteiger partial charge in [0.05, 0.1) is 11.0 Å². The molecule has 1 aromatic heterocycles. The summed E-state index contributed by atoms with van der Waals surface area (Å²) in [6.07, 6.45) is 0. The fourth-order valence-corrected chi connectivity index (χ4v) is 8.25. The summed E-state index contributed by atoms with van der Waals surface area (Å²) in [5.41, 5.74) is 10.2. The molecule has 0 saturated carbocycles. The Morgan fingerprint density at radius 1 is 0.659 bits per heavy atom. The number of rotatable bonds is 2. The van der Waals surface area contributed by atoms with Gasteiger partial charge in [0.2, 0.25) is 0 Å². The molecule has 44 heavy (non-hydrogen) atoms. The number of hydrogen-bond acceptors (Lipinski definition) is 2. The van der Waals surface area contributed by atoms with Crippen LogP contribution in [0.2, 0.25) is 0 Å². The molecule has 0 saturated heterocycles. The zero-order chi connectivity index (χ0) is 30.1. The average Bonchev–Trinajstić information content (AvgIpc) is 3.49. The van der Waals surface area contributed by atoms with E-state index < -0.39 is 0 Å². The lowest BCUT2D eigenvalue weighted by molar-refractivity contribution is 0.591. The molecule has 0 unspecified atom stereocenters. The molecule has 9 rings (SSSR count). The first kappa shape index (κ1) is 25.5. The molecule has 3 nitrogen and oxygen atoms in total. The van der Waals surface area contributed by atoms with E-state index in [1.807, 2.05) is 12.1 Å². The second kappa shape index (κ2) is 8.33. The van der Waals surface area contributed by atoms with Crippen molar-refractivity contribution in [3.05, 3.63) is 125 Å². The van der Waals surface area contributed by atoms with Gasteiger partial charge in [-0.3, -0.25) is 0 Å². The SMILES string of the molecule is CC(C)(C)c1ccc2c(c1)c1c3cccc4c5c(c6cccc(c6c43)c1n2-c1ccccc1)-c1ccc(N=O)cc1C5(C)C. The lowest BCUT2D eigenvalue weighted by atomic mass is 9.77. The van der Waals surface area contributed by atoms with Crippen LogP contribution in [0.4, 0.5) is 5.69 Å². The lowest BCUT2D eigenvalue weighted by Gasteiger charge is -2.25. The molecule has 1 aliphatic carbocycles. The molecule has 212 valence electrons.